The summed E-state index contributed by atoms with van der Waals surface area (Å²) in [5, 5.41) is 11.2. The summed E-state index contributed by atoms with van der Waals surface area (Å²) in [7, 11) is -3.44. The van der Waals surface area contributed by atoms with Gasteiger partial charge in [0, 0.05) is 35.2 Å². The van der Waals surface area contributed by atoms with E-state index < -0.39 is 10.0 Å². The molecule has 5 rings (SSSR count). The van der Waals surface area contributed by atoms with Gasteiger partial charge >= 0.3 is 0 Å². The van der Waals surface area contributed by atoms with Crippen LogP contribution in [0.1, 0.15) is 56.8 Å². The van der Waals surface area contributed by atoms with E-state index in [0.29, 0.717) is 28.4 Å². The Bertz CT molecular complexity index is 1430. The molecule has 1 aromatic carbocycles. The molecule has 2 saturated heterocycles. The van der Waals surface area contributed by atoms with Crippen molar-refractivity contribution in [3.8, 4) is 0 Å². The number of hydrogen-bond acceptors (Lipinski definition) is 7. The Morgan fingerprint density at radius 3 is 2.71 bits per heavy atom. The van der Waals surface area contributed by atoms with Gasteiger partial charge in [-0.1, -0.05) is 36.2 Å². The third kappa shape index (κ3) is 5.65. The SMILES string of the molecule is Cc1nn([C@H](C)c2ccc(Cl)cc2Cl)c2nc(N3CCC(N4CCCC4CCS(N)(=O)=O)[C@@H](C)C3)cnc12. The molecule has 38 heavy (non-hydrogen) atoms. The number of piperidine rings is 1. The summed E-state index contributed by atoms with van der Waals surface area (Å²) in [6, 6.07) is 6.06. The van der Waals surface area contributed by atoms with Gasteiger partial charge in [-0.15, -0.1) is 0 Å². The number of halogens is 2. The molecule has 2 aliphatic rings. The van der Waals surface area contributed by atoms with E-state index in [4.69, 9.17) is 43.4 Å². The number of sulfonamides is 1. The fourth-order valence-corrected chi connectivity index (χ4v) is 7.34. The average molecular weight is 581 g/mol. The zero-order valence-corrected chi connectivity index (χ0v) is 24.3. The van der Waals surface area contributed by atoms with Crippen molar-refractivity contribution in [3.05, 3.63) is 45.7 Å². The number of nitrogens with zero attached hydrogens (tertiary/aromatic N) is 6. The van der Waals surface area contributed by atoms with E-state index >= 15 is 0 Å². The molecule has 2 N–H and O–H groups in total. The van der Waals surface area contributed by atoms with Gasteiger partial charge in [0.2, 0.25) is 10.0 Å². The van der Waals surface area contributed by atoms with Gasteiger partial charge in [-0.2, -0.15) is 5.10 Å². The lowest BCUT2D eigenvalue weighted by atomic mass is 9.91. The zero-order chi connectivity index (χ0) is 27.2. The molecule has 2 fully saturated rings. The summed E-state index contributed by atoms with van der Waals surface area (Å²) in [6.45, 7) is 9.00. The van der Waals surface area contributed by atoms with E-state index in [1.54, 1.807) is 6.07 Å². The van der Waals surface area contributed by atoms with Crippen molar-refractivity contribution in [3.63, 3.8) is 0 Å². The second kappa shape index (κ2) is 10.9. The number of aromatic nitrogens is 4. The van der Waals surface area contributed by atoms with Crippen LogP contribution in [0.3, 0.4) is 0 Å². The number of rotatable bonds is 7. The minimum absolute atomic E-state index is 0.0454. The normalized spacial score (nSPS) is 23.8. The number of primary sulfonamides is 1. The summed E-state index contributed by atoms with van der Waals surface area (Å²) in [4.78, 5) is 14.6. The predicted molar refractivity (Wildman–Crippen MR) is 152 cm³/mol. The summed E-state index contributed by atoms with van der Waals surface area (Å²) in [6.07, 6.45) is 5.57. The molecule has 0 radical (unpaired) electrons. The van der Waals surface area contributed by atoms with E-state index in [-0.39, 0.29) is 17.8 Å². The molecular formula is C26H35Cl2N7O2S. The van der Waals surface area contributed by atoms with Crippen LogP contribution >= 0.6 is 23.2 Å². The Kier molecular flexibility index (Phi) is 7.90. The topological polar surface area (TPSA) is 110 Å². The van der Waals surface area contributed by atoms with E-state index in [0.717, 1.165) is 67.1 Å². The van der Waals surface area contributed by atoms with Gasteiger partial charge in [0.25, 0.3) is 0 Å². The van der Waals surface area contributed by atoms with Crippen LogP contribution in [0.4, 0.5) is 5.82 Å². The quantitative estimate of drug-likeness (QED) is 0.441. The maximum atomic E-state index is 11.5. The summed E-state index contributed by atoms with van der Waals surface area (Å²) in [5.74, 6) is 1.28. The number of hydrogen-bond donors (Lipinski definition) is 1. The molecule has 0 saturated carbocycles. The molecular weight excluding hydrogens is 545 g/mol. The van der Waals surface area contributed by atoms with Crippen LogP contribution in [0.5, 0.6) is 0 Å². The molecule has 2 aromatic heterocycles. The lowest BCUT2D eigenvalue weighted by molar-refractivity contribution is 0.113. The number of likely N-dealkylation sites (tertiary alicyclic amines) is 1. The van der Waals surface area contributed by atoms with E-state index in [1.165, 1.54) is 0 Å². The van der Waals surface area contributed by atoms with Crippen molar-refractivity contribution in [1.82, 2.24) is 24.6 Å². The van der Waals surface area contributed by atoms with Gasteiger partial charge in [0.15, 0.2) is 5.65 Å². The van der Waals surface area contributed by atoms with Gasteiger partial charge in [0.05, 0.1) is 23.7 Å². The highest BCUT2D eigenvalue weighted by atomic mass is 35.5. The van der Waals surface area contributed by atoms with Crippen molar-refractivity contribution in [2.45, 2.75) is 64.6 Å². The van der Waals surface area contributed by atoms with Crippen molar-refractivity contribution < 1.29 is 8.42 Å². The van der Waals surface area contributed by atoms with Gasteiger partial charge in [-0.3, -0.25) is 4.90 Å². The molecule has 206 valence electrons. The van der Waals surface area contributed by atoms with Crippen LogP contribution in [0.15, 0.2) is 24.4 Å². The average Bonchev–Trinajstić information content (AvgIpc) is 3.46. The van der Waals surface area contributed by atoms with Crippen molar-refractivity contribution in [2.24, 2.45) is 11.1 Å². The Balaban J connectivity index is 1.35. The number of anilines is 1. The molecule has 4 heterocycles. The summed E-state index contributed by atoms with van der Waals surface area (Å²) < 4.78 is 25.0. The van der Waals surface area contributed by atoms with Crippen LogP contribution < -0.4 is 10.0 Å². The minimum Gasteiger partial charge on any atom is -0.355 e. The van der Waals surface area contributed by atoms with Crippen LogP contribution in [0.2, 0.25) is 10.0 Å². The van der Waals surface area contributed by atoms with E-state index in [2.05, 4.69) is 16.7 Å². The molecule has 12 heteroatoms. The molecule has 0 spiro atoms. The van der Waals surface area contributed by atoms with Crippen molar-refractivity contribution >= 4 is 50.2 Å². The van der Waals surface area contributed by atoms with Gasteiger partial charge < -0.3 is 4.90 Å². The van der Waals surface area contributed by atoms with E-state index in [9.17, 15) is 8.42 Å². The first-order valence-electron chi connectivity index (χ1n) is 13.2. The lowest BCUT2D eigenvalue weighted by Crippen LogP contribution is -2.52. The molecule has 0 bridgehead atoms. The van der Waals surface area contributed by atoms with Crippen LogP contribution in [0.25, 0.3) is 11.2 Å². The standard InChI is InChI=1S/C26H35Cl2N7O2S/c1-16-15-33(11-8-23(16)34-10-4-5-20(34)9-12-38(29,36)37)24-14-30-25-17(2)32-35(26(25)31-24)18(3)21-7-6-19(27)13-22(21)28/h6-7,13-14,16,18,20,23H,4-5,8-12,15H2,1-3H3,(H2,29,36,37)/t16-,18+,20?,23?/m0/s1. The lowest BCUT2D eigenvalue weighted by Gasteiger charge is -2.43. The number of nitrogens with two attached hydrogens (primary N) is 1. The maximum absolute atomic E-state index is 11.5. The molecule has 0 aliphatic carbocycles. The number of benzene rings is 1. The van der Waals surface area contributed by atoms with Gasteiger partial charge in [-0.05, 0) is 69.7 Å². The summed E-state index contributed by atoms with van der Waals surface area (Å²) >= 11 is 12.6. The first kappa shape index (κ1) is 27.6. The Hall–Kier alpha value is -1.98. The maximum Gasteiger partial charge on any atom is 0.209 e. The Morgan fingerprint density at radius 1 is 1.21 bits per heavy atom. The van der Waals surface area contributed by atoms with Crippen LogP contribution in [-0.4, -0.2) is 70.5 Å². The zero-order valence-electron chi connectivity index (χ0n) is 22.0. The molecule has 3 aromatic rings. The largest absolute Gasteiger partial charge is 0.355 e. The Labute approximate surface area is 234 Å². The molecule has 4 atom stereocenters. The Morgan fingerprint density at radius 2 is 2.00 bits per heavy atom. The first-order valence-corrected chi connectivity index (χ1v) is 15.7. The molecule has 9 nitrogen and oxygen atoms in total. The highest BCUT2D eigenvalue weighted by Gasteiger charge is 2.37. The van der Waals surface area contributed by atoms with E-state index in [1.807, 2.05) is 36.9 Å². The fraction of sp³-hybridized carbons (Fsp3) is 0.577. The second-order valence-corrected chi connectivity index (χ2v) is 13.3. The van der Waals surface area contributed by atoms with Crippen LogP contribution in [-0.2, 0) is 10.0 Å². The second-order valence-electron chi connectivity index (χ2n) is 10.7. The number of fused-ring (bicyclic) bond motifs is 1. The monoisotopic (exact) mass is 579 g/mol. The number of aryl methyl sites for hydroxylation is 1. The highest BCUT2D eigenvalue weighted by molar-refractivity contribution is 7.89. The highest BCUT2D eigenvalue weighted by Crippen LogP contribution is 2.34. The predicted octanol–water partition coefficient (Wildman–Crippen LogP) is 4.41. The van der Waals surface area contributed by atoms with Crippen LogP contribution in [0, 0.1) is 12.8 Å². The third-order valence-electron chi connectivity index (χ3n) is 8.11. The first-order chi connectivity index (χ1) is 18.0. The van der Waals surface area contributed by atoms with Crippen molar-refractivity contribution in [2.75, 3.05) is 30.3 Å². The molecule has 0 amide bonds. The van der Waals surface area contributed by atoms with Crippen molar-refractivity contribution in [1.29, 1.82) is 0 Å². The minimum atomic E-state index is -3.44. The third-order valence-corrected chi connectivity index (χ3v) is 9.47. The smallest absolute Gasteiger partial charge is 0.209 e. The van der Waals surface area contributed by atoms with Gasteiger partial charge in [0.1, 0.15) is 11.3 Å². The fourth-order valence-electron chi connectivity index (χ4n) is 6.18. The summed E-state index contributed by atoms with van der Waals surface area (Å²) in [5.41, 5.74) is 3.26. The molecule has 2 unspecified atom stereocenters. The molecule has 2 aliphatic heterocycles. The van der Waals surface area contributed by atoms with Gasteiger partial charge in [-0.25, -0.2) is 28.2 Å².